The van der Waals surface area contributed by atoms with E-state index in [0.717, 1.165) is 50.4 Å². The molecule has 0 unspecified atom stereocenters. The molecule has 31 heavy (non-hydrogen) atoms. The van der Waals surface area contributed by atoms with Crippen LogP contribution in [0.1, 0.15) is 30.0 Å². The fourth-order valence-corrected chi connectivity index (χ4v) is 4.25. The molecule has 0 aliphatic carbocycles. The molecule has 1 N–H and O–H groups in total. The molecule has 2 heterocycles. The minimum absolute atomic E-state index is 0. The van der Waals surface area contributed by atoms with Crippen LogP contribution >= 0.6 is 24.8 Å². The van der Waals surface area contributed by atoms with Crippen LogP contribution in [-0.4, -0.2) is 50.5 Å². The van der Waals surface area contributed by atoms with Crippen molar-refractivity contribution in [1.82, 2.24) is 10.2 Å². The summed E-state index contributed by atoms with van der Waals surface area (Å²) in [5, 5.41) is 3.36. The number of hydrogen-bond acceptors (Lipinski definition) is 4. The minimum Gasteiger partial charge on any atom is -0.406 e. The lowest BCUT2D eigenvalue weighted by Gasteiger charge is -2.36. The Kier molecular flexibility index (Phi) is 9.30. The standard InChI is InChI=1S/C22H26F3N3O.2ClH/c23-22(24,25)29-20-9-5-18(6-10-20)21(28-15-11-26-12-16-28)17-3-7-19(8-4-17)27-13-1-2-14-27;;/h3-10,21,26H,1-2,11-16H2;2*1H/t21-;;/m1../s1. The van der Waals surface area contributed by atoms with Crippen LogP contribution < -0.4 is 15.0 Å². The molecule has 2 fully saturated rings. The van der Waals surface area contributed by atoms with Crippen molar-refractivity contribution in [3.63, 3.8) is 0 Å². The summed E-state index contributed by atoms with van der Waals surface area (Å²) in [5.74, 6) is -0.190. The van der Waals surface area contributed by atoms with Gasteiger partial charge in [-0.25, -0.2) is 0 Å². The average Bonchev–Trinajstić information content (AvgIpc) is 3.25. The molecule has 2 aliphatic heterocycles. The third-order valence-electron chi connectivity index (χ3n) is 5.63. The van der Waals surface area contributed by atoms with Gasteiger partial charge in [-0.15, -0.1) is 38.0 Å². The number of anilines is 1. The zero-order valence-electron chi connectivity index (χ0n) is 17.1. The number of rotatable bonds is 5. The molecule has 4 nitrogen and oxygen atoms in total. The second kappa shape index (κ2) is 11.3. The van der Waals surface area contributed by atoms with Crippen LogP contribution in [0.15, 0.2) is 48.5 Å². The highest BCUT2D eigenvalue weighted by Crippen LogP contribution is 2.33. The van der Waals surface area contributed by atoms with Gasteiger partial charge in [-0.1, -0.05) is 24.3 Å². The molecule has 0 saturated carbocycles. The van der Waals surface area contributed by atoms with Gasteiger partial charge >= 0.3 is 6.36 Å². The predicted octanol–water partition coefficient (Wildman–Crippen LogP) is 5.02. The fourth-order valence-electron chi connectivity index (χ4n) is 4.25. The molecule has 0 amide bonds. The van der Waals surface area contributed by atoms with E-state index in [9.17, 15) is 13.2 Å². The molecule has 0 bridgehead atoms. The average molecular weight is 478 g/mol. The van der Waals surface area contributed by atoms with Gasteiger partial charge in [0.05, 0.1) is 6.04 Å². The molecular weight excluding hydrogens is 450 g/mol. The lowest BCUT2D eigenvalue weighted by atomic mass is 9.96. The fraction of sp³-hybridized carbons (Fsp3) is 0.455. The Balaban J connectivity index is 0.00000171. The maximum Gasteiger partial charge on any atom is 0.573 e. The van der Waals surface area contributed by atoms with Crippen molar-refractivity contribution < 1.29 is 17.9 Å². The summed E-state index contributed by atoms with van der Waals surface area (Å²) < 4.78 is 41.5. The number of nitrogens with zero attached hydrogens (tertiary/aromatic N) is 2. The third-order valence-corrected chi connectivity index (χ3v) is 5.63. The number of ether oxygens (including phenoxy) is 1. The summed E-state index contributed by atoms with van der Waals surface area (Å²) in [7, 11) is 0. The number of piperazine rings is 1. The summed E-state index contributed by atoms with van der Waals surface area (Å²) in [6.07, 6.45) is -2.21. The Labute approximate surface area is 193 Å². The van der Waals surface area contributed by atoms with Gasteiger partial charge in [-0.05, 0) is 48.2 Å². The van der Waals surface area contributed by atoms with Crippen molar-refractivity contribution in [3.05, 3.63) is 59.7 Å². The summed E-state index contributed by atoms with van der Waals surface area (Å²) in [5.41, 5.74) is 3.36. The monoisotopic (exact) mass is 477 g/mol. The molecule has 2 aromatic carbocycles. The maximum absolute atomic E-state index is 12.5. The lowest BCUT2D eigenvalue weighted by Crippen LogP contribution is -2.45. The maximum atomic E-state index is 12.5. The van der Waals surface area contributed by atoms with Crippen LogP contribution in [-0.2, 0) is 0 Å². The number of halogens is 5. The Morgan fingerprint density at radius 1 is 0.774 bits per heavy atom. The zero-order valence-corrected chi connectivity index (χ0v) is 18.7. The Hall–Kier alpha value is -1.67. The molecule has 0 radical (unpaired) electrons. The first-order valence-electron chi connectivity index (χ1n) is 10.1. The Morgan fingerprint density at radius 2 is 1.29 bits per heavy atom. The first-order valence-corrected chi connectivity index (χ1v) is 10.1. The Bertz CT molecular complexity index is 791. The number of benzene rings is 2. The van der Waals surface area contributed by atoms with Crippen LogP contribution in [0.5, 0.6) is 5.75 Å². The van der Waals surface area contributed by atoms with E-state index in [0.29, 0.717) is 0 Å². The molecule has 172 valence electrons. The van der Waals surface area contributed by atoms with Gasteiger partial charge in [-0.3, -0.25) is 4.90 Å². The lowest BCUT2D eigenvalue weighted by molar-refractivity contribution is -0.274. The summed E-state index contributed by atoms with van der Waals surface area (Å²) >= 11 is 0. The van der Waals surface area contributed by atoms with E-state index in [1.807, 2.05) is 0 Å². The van der Waals surface area contributed by atoms with Gasteiger partial charge in [-0.2, -0.15) is 0 Å². The van der Waals surface area contributed by atoms with Gasteiger partial charge in [0, 0.05) is 45.0 Å². The quantitative estimate of drug-likeness (QED) is 0.653. The molecule has 2 saturated heterocycles. The van der Waals surface area contributed by atoms with Crippen molar-refractivity contribution >= 4 is 30.5 Å². The second-order valence-corrected chi connectivity index (χ2v) is 7.59. The van der Waals surface area contributed by atoms with E-state index in [2.05, 4.69) is 44.1 Å². The third kappa shape index (κ3) is 6.65. The van der Waals surface area contributed by atoms with Crippen molar-refractivity contribution in [3.8, 4) is 5.75 Å². The summed E-state index contributed by atoms with van der Waals surface area (Å²) in [6, 6.07) is 14.9. The van der Waals surface area contributed by atoms with E-state index in [4.69, 9.17) is 0 Å². The van der Waals surface area contributed by atoms with Crippen LogP contribution in [0.25, 0.3) is 0 Å². The largest absolute Gasteiger partial charge is 0.573 e. The summed E-state index contributed by atoms with van der Waals surface area (Å²) in [6.45, 7) is 5.77. The topological polar surface area (TPSA) is 27.7 Å². The molecule has 0 spiro atoms. The van der Waals surface area contributed by atoms with Gasteiger partial charge in [0.2, 0.25) is 0 Å². The van der Waals surface area contributed by atoms with Crippen LogP contribution in [0.3, 0.4) is 0 Å². The van der Waals surface area contributed by atoms with E-state index >= 15 is 0 Å². The van der Waals surface area contributed by atoms with Gasteiger partial charge in [0.15, 0.2) is 0 Å². The van der Waals surface area contributed by atoms with Crippen molar-refractivity contribution in [2.24, 2.45) is 0 Å². The van der Waals surface area contributed by atoms with Crippen molar-refractivity contribution in [2.75, 3.05) is 44.2 Å². The number of nitrogens with one attached hydrogen (secondary N) is 1. The Morgan fingerprint density at radius 3 is 1.81 bits per heavy atom. The minimum atomic E-state index is -4.68. The molecule has 2 aromatic rings. The molecule has 1 atom stereocenters. The zero-order chi connectivity index (χ0) is 20.3. The van der Waals surface area contributed by atoms with E-state index in [1.54, 1.807) is 12.1 Å². The first-order chi connectivity index (χ1) is 14.0. The van der Waals surface area contributed by atoms with Crippen molar-refractivity contribution in [2.45, 2.75) is 25.2 Å². The molecule has 9 heteroatoms. The highest BCUT2D eigenvalue weighted by atomic mass is 35.5. The number of hydrogen-bond donors (Lipinski definition) is 1. The molecular formula is C22H28Cl2F3N3O. The summed E-state index contributed by atoms with van der Waals surface area (Å²) in [4.78, 5) is 4.77. The highest BCUT2D eigenvalue weighted by Gasteiger charge is 2.31. The van der Waals surface area contributed by atoms with Crippen LogP contribution in [0.4, 0.5) is 18.9 Å². The second-order valence-electron chi connectivity index (χ2n) is 7.59. The highest BCUT2D eigenvalue weighted by molar-refractivity contribution is 5.85. The smallest absolute Gasteiger partial charge is 0.406 e. The van der Waals surface area contributed by atoms with Gasteiger partial charge in [0.1, 0.15) is 5.75 Å². The van der Waals surface area contributed by atoms with E-state index in [1.165, 1.54) is 30.7 Å². The van der Waals surface area contributed by atoms with Crippen molar-refractivity contribution in [1.29, 1.82) is 0 Å². The molecule has 0 aromatic heterocycles. The number of alkyl halides is 3. The van der Waals surface area contributed by atoms with Crippen LogP contribution in [0, 0.1) is 0 Å². The van der Waals surface area contributed by atoms with E-state index in [-0.39, 0.29) is 36.6 Å². The van der Waals surface area contributed by atoms with E-state index < -0.39 is 6.36 Å². The van der Waals surface area contributed by atoms with Gasteiger partial charge < -0.3 is 15.0 Å². The van der Waals surface area contributed by atoms with Crippen LogP contribution in [0.2, 0.25) is 0 Å². The first kappa shape index (κ1) is 25.6. The van der Waals surface area contributed by atoms with Gasteiger partial charge in [0.25, 0.3) is 0 Å². The predicted molar refractivity (Wildman–Crippen MR) is 122 cm³/mol. The molecule has 4 rings (SSSR count). The SMILES string of the molecule is Cl.Cl.FC(F)(F)Oc1ccc([C@@H](c2ccc(N3CCCC3)cc2)N2CCNCC2)cc1. The normalized spacial score (nSPS) is 18.1. The molecule has 2 aliphatic rings.